The van der Waals surface area contributed by atoms with E-state index in [4.69, 9.17) is 0 Å². The van der Waals surface area contributed by atoms with Crippen LogP contribution in [-0.2, 0) is 16.6 Å². The van der Waals surface area contributed by atoms with Crippen molar-refractivity contribution in [3.8, 4) is 0 Å². The highest BCUT2D eigenvalue weighted by atomic mass is 32.2. The highest BCUT2D eigenvalue weighted by Crippen LogP contribution is 2.33. The van der Waals surface area contributed by atoms with Gasteiger partial charge >= 0.3 is 0 Å². The van der Waals surface area contributed by atoms with Crippen LogP contribution >= 0.6 is 0 Å². The minimum atomic E-state index is -3.54. The van der Waals surface area contributed by atoms with Crippen LogP contribution in [0.3, 0.4) is 0 Å². The van der Waals surface area contributed by atoms with Crippen molar-refractivity contribution in [2.45, 2.75) is 24.4 Å². The highest BCUT2D eigenvalue weighted by molar-refractivity contribution is 7.89. The van der Waals surface area contributed by atoms with Crippen molar-refractivity contribution < 1.29 is 13.2 Å². The number of carbonyl (C=O) groups is 1. The monoisotopic (exact) mass is 409 g/mol. The van der Waals surface area contributed by atoms with Crippen molar-refractivity contribution in [1.82, 2.24) is 14.2 Å². The summed E-state index contributed by atoms with van der Waals surface area (Å²) in [5.74, 6) is -0.112. The van der Waals surface area contributed by atoms with Crippen molar-refractivity contribution in [1.29, 1.82) is 0 Å². The molecule has 7 heteroatoms. The maximum Gasteiger partial charge on any atom is 0.254 e. The molecule has 29 heavy (non-hydrogen) atoms. The summed E-state index contributed by atoms with van der Waals surface area (Å²) in [5.41, 5.74) is 2.59. The van der Waals surface area contributed by atoms with E-state index in [-0.39, 0.29) is 16.8 Å². The summed E-state index contributed by atoms with van der Waals surface area (Å²) >= 11 is 0. The molecular formula is C22H23N3O3S. The summed E-state index contributed by atoms with van der Waals surface area (Å²) in [6, 6.07) is 20.0. The van der Waals surface area contributed by atoms with E-state index in [0.29, 0.717) is 18.7 Å². The van der Waals surface area contributed by atoms with Gasteiger partial charge in [-0.1, -0.05) is 37.3 Å². The predicted octanol–water partition coefficient (Wildman–Crippen LogP) is 3.03. The van der Waals surface area contributed by atoms with Crippen LogP contribution in [0.5, 0.6) is 0 Å². The van der Waals surface area contributed by atoms with Crippen molar-refractivity contribution >= 4 is 15.9 Å². The van der Waals surface area contributed by atoms with Crippen LogP contribution in [0, 0.1) is 0 Å². The fourth-order valence-corrected chi connectivity index (χ4v) is 4.85. The van der Waals surface area contributed by atoms with Crippen molar-refractivity contribution in [2.24, 2.45) is 0 Å². The molecule has 2 heterocycles. The Morgan fingerprint density at radius 1 is 1.00 bits per heavy atom. The van der Waals surface area contributed by atoms with E-state index in [0.717, 1.165) is 17.8 Å². The first-order valence-corrected chi connectivity index (χ1v) is 11.1. The zero-order valence-corrected chi connectivity index (χ0v) is 17.0. The van der Waals surface area contributed by atoms with Gasteiger partial charge in [-0.15, -0.1) is 0 Å². The van der Waals surface area contributed by atoms with E-state index in [1.165, 1.54) is 12.1 Å². The van der Waals surface area contributed by atoms with Crippen molar-refractivity contribution in [2.75, 3.05) is 13.1 Å². The second-order valence-electron chi connectivity index (χ2n) is 6.96. The molecule has 0 radical (unpaired) electrons. The van der Waals surface area contributed by atoms with Gasteiger partial charge in [-0.2, -0.15) is 0 Å². The van der Waals surface area contributed by atoms with Crippen LogP contribution < -0.4 is 4.72 Å². The van der Waals surface area contributed by atoms with Crippen LogP contribution in [0.25, 0.3) is 0 Å². The minimum Gasteiger partial charge on any atom is -0.348 e. The number of benzene rings is 2. The van der Waals surface area contributed by atoms with Gasteiger partial charge in [0.15, 0.2) is 0 Å². The summed E-state index contributed by atoms with van der Waals surface area (Å²) in [5, 5.41) is 0. The first kappa shape index (κ1) is 19.4. The molecule has 1 aliphatic heterocycles. The molecule has 4 rings (SSSR count). The van der Waals surface area contributed by atoms with Crippen LogP contribution in [0.1, 0.15) is 34.6 Å². The van der Waals surface area contributed by atoms with Gasteiger partial charge < -0.3 is 9.47 Å². The second-order valence-corrected chi connectivity index (χ2v) is 8.73. The zero-order valence-electron chi connectivity index (χ0n) is 16.2. The Bertz CT molecular complexity index is 1110. The number of hydrogen-bond donors (Lipinski definition) is 1. The van der Waals surface area contributed by atoms with Gasteiger partial charge in [-0.3, -0.25) is 4.79 Å². The van der Waals surface area contributed by atoms with Gasteiger partial charge in [0.05, 0.1) is 10.9 Å². The van der Waals surface area contributed by atoms with Crippen LogP contribution in [0.15, 0.2) is 77.8 Å². The van der Waals surface area contributed by atoms with Gasteiger partial charge in [-0.05, 0) is 42.0 Å². The van der Waals surface area contributed by atoms with E-state index in [2.05, 4.69) is 9.29 Å². The van der Waals surface area contributed by atoms with Crippen LogP contribution in [0.4, 0.5) is 0 Å². The number of carbonyl (C=O) groups excluding carboxylic acids is 1. The quantitative estimate of drug-likeness (QED) is 0.704. The summed E-state index contributed by atoms with van der Waals surface area (Å²) in [7, 11) is -3.54. The van der Waals surface area contributed by atoms with Crippen molar-refractivity contribution in [3.63, 3.8) is 0 Å². The fraction of sp³-hybridized carbons (Fsp3) is 0.227. The molecule has 6 nitrogen and oxygen atoms in total. The standard InChI is InChI=1S/C22H23N3O3S/c1-2-23-29(27,28)19-12-10-18(11-13-19)22(26)25-16-15-24-14-6-9-20(24)21(25)17-7-4-3-5-8-17/h3-14,21,23H,2,15-16H2,1H3. The second kappa shape index (κ2) is 7.85. The summed E-state index contributed by atoms with van der Waals surface area (Å²) in [6.45, 7) is 3.35. The summed E-state index contributed by atoms with van der Waals surface area (Å²) in [4.78, 5) is 15.4. The molecule has 1 unspecified atom stereocenters. The smallest absolute Gasteiger partial charge is 0.254 e. The molecule has 0 aliphatic carbocycles. The third-order valence-corrected chi connectivity index (χ3v) is 6.72. The molecule has 1 aliphatic rings. The lowest BCUT2D eigenvalue weighted by molar-refractivity contribution is 0.0664. The molecule has 0 saturated carbocycles. The van der Waals surface area contributed by atoms with E-state index in [9.17, 15) is 13.2 Å². The highest BCUT2D eigenvalue weighted by Gasteiger charge is 2.32. The number of fused-ring (bicyclic) bond motifs is 1. The molecule has 1 N–H and O–H groups in total. The Labute approximate surface area is 170 Å². The molecule has 0 spiro atoms. The number of nitrogens with zero attached hydrogens (tertiary/aromatic N) is 2. The average Bonchev–Trinajstić information content (AvgIpc) is 3.22. The Kier molecular flexibility index (Phi) is 5.25. The first-order valence-electron chi connectivity index (χ1n) is 9.62. The molecule has 2 aromatic carbocycles. The van der Waals surface area contributed by atoms with Gasteiger partial charge in [-0.25, -0.2) is 13.1 Å². The number of amides is 1. The SMILES string of the molecule is CCNS(=O)(=O)c1ccc(C(=O)N2CCn3cccc3C2c2ccccc2)cc1. The Hall–Kier alpha value is -2.90. The number of aromatic nitrogens is 1. The third-order valence-electron chi connectivity index (χ3n) is 5.16. The van der Waals surface area contributed by atoms with Gasteiger partial charge in [0.2, 0.25) is 10.0 Å². The lowest BCUT2D eigenvalue weighted by atomic mass is 9.99. The van der Waals surface area contributed by atoms with Crippen molar-refractivity contribution in [3.05, 3.63) is 89.7 Å². The van der Waals surface area contributed by atoms with Gasteiger partial charge in [0.25, 0.3) is 5.91 Å². The third kappa shape index (κ3) is 3.71. The van der Waals surface area contributed by atoms with E-state index < -0.39 is 10.0 Å². The van der Waals surface area contributed by atoms with E-state index in [1.807, 2.05) is 53.6 Å². The fourth-order valence-electron chi connectivity index (χ4n) is 3.80. The first-order chi connectivity index (χ1) is 14.0. The molecular weight excluding hydrogens is 386 g/mol. The van der Waals surface area contributed by atoms with Crippen LogP contribution in [-0.4, -0.2) is 36.9 Å². The Morgan fingerprint density at radius 3 is 2.41 bits per heavy atom. The van der Waals surface area contributed by atoms with E-state index >= 15 is 0 Å². The molecule has 0 fully saturated rings. The zero-order chi connectivity index (χ0) is 20.4. The molecule has 150 valence electrons. The lowest BCUT2D eigenvalue weighted by Crippen LogP contribution is -2.42. The van der Waals surface area contributed by atoms with Crippen LogP contribution in [0.2, 0.25) is 0 Å². The normalized spacial score (nSPS) is 16.4. The Balaban J connectivity index is 1.67. The molecule has 0 saturated heterocycles. The summed E-state index contributed by atoms with van der Waals surface area (Å²) in [6.07, 6.45) is 2.04. The van der Waals surface area contributed by atoms with Gasteiger partial charge in [0.1, 0.15) is 0 Å². The van der Waals surface area contributed by atoms with Gasteiger partial charge in [0, 0.05) is 37.1 Å². The predicted molar refractivity (Wildman–Crippen MR) is 111 cm³/mol. The van der Waals surface area contributed by atoms with E-state index in [1.54, 1.807) is 19.1 Å². The number of nitrogens with one attached hydrogen (secondary N) is 1. The number of rotatable bonds is 5. The Morgan fingerprint density at radius 2 is 1.72 bits per heavy atom. The topological polar surface area (TPSA) is 71.4 Å². The molecule has 1 amide bonds. The molecule has 3 aromatic rings. The average molecular weight is 410 g/mol. The maximum atomic E-state index is 13.4. The minimum absolute atomic E-state index is 0.112. The summed E-state index contributed by atoms with van der Waals surface area (Å²) < 4.78 is 28.9. The number of hydrogen-bond acceptors (Lipinski definition) is 3. The molecule has 0 bridgehead atoms. The molecule has 1 aromatic heterocycles. The lowest BCUT2D eigenvalue weighted by Gasteiger charge is -2.37. The largest absolute Gasteiger partial charge is 0.348 e. The maximum absolute atomic E-state index is 13.4. The molecule has 1 atom stereocenters. The number of sulfonamides is 1.